The van der Waals surface area contributed by atoms with Crippen LogP contribution in [0, 0.1) is 24.4 Å². The largest absolute Gasteiger partial charge is 0.493 e. The number of imidazole rings is 1. The lowest BCUT2D eigenvalue weighted by molar-refractivity contribution is 0.123. The number of piperidine rings is 1. The fourth-order valence-corrected chi connectivity index (χ4v) is 4.39. The van der Waals surface area contributed by atoms with Gasteiger partial charge in [-0.25, -0.2) is 28.1 Å². The lowest BCUT2D eigenvalue weighted by atomic mass is 9.88. The fourth-order valence-electron chi connectivity index (χ4n) is 4.39. The summed E-state index contributed by atoms with van der Waals surface area (Å²) in [5.41, 5.74) is 5.33. The summed E-state index contributed by atoms with van der Waals surface area (Å²) >= 11 is 0. The summed E-state index contributed by atoms with van der Waals surface area (Å²) in [5.74, 6) is -2.22. The van der Waals surface area contributed by atoms with Gasteiger partial charge in [-0.1, -0.05) is 0 Å². The molecule has 176 valence electrons. The lowest BCUT2D eigenvalue weighted by Gasteiger charge is -2.34. The predicted molar refractivity (Wildman–Crippen MR) is 121 cm³/mol. The number of rotatable bonds is 5. The third-order valence-corrected chi connectivity index (χ3v) is 6.02. The molecule has 1 unspecified atom stereocenters. The van der Waals surface area contributed by atoms with Crippen molar-refractivity contribution in [2.75, 3.05) is 13.7 Å². The molecule has 0 amide bonds. The molecule has 1 N–H and O–H groups in total. The number of aliphatic imine (C=N–C) groups is 1. The highest BCUT2D eigenvalue weighted by Crippen LogP contribution is 2.35. The Morgan fingerprint density at radius 2 is 1.91 bits per heavy atom. The van der Waals surface area contributed by atoms with E-state index in [1.54, 1.807) is 24.2 Å². The molecule has 0 aliphatic carbocycles. The first-order chi connectivity index (χ1) is 16.4. The van der Waals surface area contributed by atoms with Crippen LogP contribution in [0.3, 0.4) is 0 Å². The Morgan fingerprint density at radius 1 is 1.12 bits per heavy atom. The molecule has 10 heteroatoms. The Balaban J connectivity index is 1.37. The Kier molecular flexibility index (Phi) is 5.82. The minimum absolute atomic E-state index is 0.253. The number of ether oxygens (including phenoxy) is 1. The number of amidine groups is 1. The molecule has 1 fully saturated rings. The highest BCUT2D eigenvalue weighted by molar-refractivity contribution is 5.97. The van der Waals surface area contributed by atoms with Crippen LogP contribution in [-0.2, 0) is 0 Å². The van der Waals surface area contributed by atoms with Gasteiger partial charge in [-0.2, -0.15) is 5.01 Å². The van der Waals surface area contributed by atoms with Crippen molar-refractivity contribution in [3.05, 3.63) is 77.3 Å². The van der Waals surface area contributed by atoms with Crippen LogP contribution < -0.4 is 10.2 Å². The molecule has 2 aliphatic heterocycles. The Hall–Kier alpha value is -3.66. The van der Waals surface area contributed by atoms with Crippen LogP contribution in [0.15, 0.2) is 48.0 Å². The molecule has 3 aromatic rings. The summed E-state index contributed by atoms with van der Waals surface area (Å²) in [7, 11) is 1.58. The minimum Gasteiger partial charge on any atom is -0.493 e. The van der Waals surface area contributed by atoms with E-state index < -0.39 is 17.5 Å². The molecule has 2 atom stereocenters. The second-order valence-corrected chi connectivity index (χ2v) is 8.33. The highest BCUT2D eigenvalue weighted by atomic mass is 19.2. The van der Waals surface area contributed by atoms with Crippen LogP contribution in [0.2, 0.25) is 0 Å². The van der Waals surface area contributed by atoms with Gasteiger partial charge in [0.05, 0.1) is 12.8 Å². The van der Waals surface area contributed by atoms with Crippen LogP contribution >= 0.6 is 0 Å². The Morgan fingerprint density at radius 3 is 2.62 bits per heavy atom. The Bertz CT molecular complexity index is 1260. The monoisotopic (exact) mass is 468 g/mol. The molecule has 2 aliphatic rings. The topological polar surface area (TPSA) is 67.6 Å². The van der Waals surface area contributed by atoms with E-state index in [9.17, 15) is 13.2 Å². The summed E-state index contributed by atoms with van der Waals surface area (Å²) < 4.78 is 48.3. The van der Waals surface area contributed by atoms with Crippen molar-refractivity contribution in [1.82, 2.24) is 25.0 Å². The normalized spacial score (nSPS) is 20.3. The second-order valence-electron chi connectivity index (χ2n) is 8.33. The smallest absolute Gasteiger partial charge is 0.194 e. The van der Waals surface area contributed by atoms with Crippen LogP contribution in [0.4, 0.5) is 13.2 Å². The van der Waals surface area contributed by atoms with Crippen molar-refractivity contribution in [1.29, 1.82) is 0 Å². The van der Waals surface area contributed by atoms with E-state index in [2.05, 4.69) is 15.4 Å². The fraction of sp³-hybridized carbons (Fsp3) is 0.292. The molecule has 34 heavy (non-hydrogen) atoms. The molecule has 5 rings (SSSR count). The predicted octanol–water partition coefficient (Wildman–Crippen LogP) is 4.14. The maximum atomic E-state index is 13.8. The van der Waals surface area contributed by atoms with Crippen molar-refractivity contribution < 1.29 is 17.9 Å². The maximum absolute atomic E-state index is 13.8. The summed E-state index contributed by atoms with van der Waals surface area (Å²) in [6.07, 6.45) is 10.1. The molecule has 0 bridgehead atoms. The van der Waals surface area contributed by atoms with Crippen LogP contribution in [0.5, 0.6) is 5.75 Å². The van der Waals surface area contributed by atoms with Gasteiger partial charge in [0, 0.05) is 24.9 Å². The van der Waals surface area contributed by atoms with E-state index >= 15 is 0 Å². The first-order valence-electron chi connectivity index (χ1n) is 10.9. The lowest BCUT2D eigenvalue weighted by Crippen LogP contribution is -2.46. The van der Waals surface area contributed by atoms with Gasteiger partial charge in [0.1, 0.15) is 18.3 Å². The third-order valence-electron chi connectivity index (χ3n) is 6.02. The second kappa shape index (κ2) is 8.94. The van der Waals surface area contributed by atoms with Crippen molar-refractivity contribution in [2.45, 2.75) is 31.8 Å². The van der Waals surface area contributed by atoms with Crippen LogP contribution in [-0.4, -0.2) is 45.2 Å². The van der Waals surface area contributed by atoms with E-state index in [4.69, 9.17) is 9.73 Å². The van der Waals surface area contributed by atoms with E-state index in [1.807, 2.05) is 36.3 Å². The van der Waals surface area contributed by atoms with Gasteiger partial charge in [-0.05, 0) is 61.2 Å². The SMILES string of the molecule is COc1cc(/C=C/C2=NC3[C@@H](c4cc(F)c(F)c(F)c4)CCCN3N2)cnc1-n1cnc(C)c1. The zero-order valence-electron chi connectivity index (χ0n) is 18.7. The molecular formula is C24H23F3N6O. The van der Waals surface area contributed by atoms with Gasteiger partial charge >= 0.3 is 0 Å². The van der Waals surface area contributed by atoms with Crippen molar-refractivity contribution in [3.8, 4) is 11.6 Å². The Labute approximate surface area is 194 Å². The number of pyridine rings is 1. The van der Waals surface area contributed by atoms with Gasteiger partial charge in [0.25, 0.3) is 0 Å². The summed E-state index contributed by atoms with van der Waals surface area (Å²) in [5, 5.41) is 1.94. The van der Waals surface area contributed by atoms with Crippen LogP contribution in [0.1, 0.15) is 35.6 Å². The van der Waals surface area contributed by atoms with Crippen LogP contribution in [0.25, 0.3) is 11.9 Å². The number of aryl methyl sites for hydroxylation is 1. The first-order valence-corrected chi connectivity index (χ1v) is 10.9. The molecule has 7 nitrogen and oxygen atoms in total. The molecule has 0 saturated carbocycles. The minimum atomic E-state index is -1.45. The van der Waals surface area contributed by atoms with E-state index in [-0.39, 0.29) is 12.1 Å². The quantitative estimate of drug-likeness (QED) is 0.571. The van der Waals surface area contributed by atoms with Crippen molar-refractivity contribution in [3.63, 3.8) is 0 Å². The molecule has 0 radical (unpaired) electrons. The third kappa shape index (κ3) is 4.16. The van der Waals surface area contributed by atoms with Gasteiger partial charge in [0.2, 0.25) is 0 Å². The van der Waals surface area contributed by atoms with Gasteiger partial charge < -0.3 is 10.2 Å². The van der Waals surface area contributed by atoms with E-state index in [0.29, 0.717) is 29.4 Å². The average molecular weight is 468 g/mol. The highest BCUT2D eigenvalue weighted by Gasteiger charge is 2.37. The molecule has 2 aromatic heterocycles. The number of hydrazine groups is 1. The number of halogens is 3. The number of hydrogen-bond donors (Lipinski definition) is 1. The van der Waals surface area contributed by atoms with Gasteiger partial charge in [-0.15, -0.1) is 0 Å². The van der Waals surface area contributed by atoms with Crippen molar-refractivity contribution >= 4 is 11.9 Å². The van der Waals surface area contributed by atoms with Crippen molar-refractivity contribution in [2.24, 2.45) is 4.99 Å². The first kappa shape index (κ1) is 22.1. The standard InChI is InChI=1S/C24H23F3N6O/c1-14-12-32(13-29-14)24-20(34-2)8-15(11-28-24)5-6-21-30-23-17(4-3-7-33(23)31-21)16-9-18(25)22(27)19(26)10-16/h5-6,8-13,17,23H,3-4,7H2,1-2H3,(H,30,31)/b6-5+/t17-,23?/m1/s1. The average Bonchev–Trinajstić information content (AvgIpc) is 3.46. The van der Waals surface area contributed by atoms with E-state index in [1.165, 1.54) is 0 Å². The summed E-state index contributed by atoms with van der Waals surface area (Å²) in [4.78, 5) is 13.4. The molecule has 1 aromatic carbocycles. The number of nitrogens with zero attached hydrogens (tertiary/aromatic N) is 5. The summed E-state index contributed by atoms with van der Waals surface area (Å²) in [6.45, 7) is 2.64. The van der Waals surface area contributed by atoms with Gasteiger partial charge in [0.15, 0.2) is 29.0 Å². The molecule has 4 heterocycles. The molecule has 1 saturated heterocycles. The zero-order valence-corrected chi connectivity index (χ0v) is 18.7. The zero-order chi connectivity index (χ0) is 23.8. The number of methoxy groups -OCH3 is 1. The van der Waals surface area contributed by atoms with E-state index in [0.717, 1.165) is 36.4 Å². The number of benzene rings is 1. The number of fused-ring (bicyclic) bond motifs is 1. The maximum Gasteiger partial charge on any atom is 0.194 e. The number of hydrogen-bond acceptors (Lipinski definition) is 6. The molecule has 0 spiro atoms. The van der Waals surface area contributed by atoms with Gasteiger partial charge in [-0.3, -0.25) is 4.57 Å². The molecular weight excluding hydrogens is 445 g/mol. The number of aromatic nitrogens is 3. The summed E-state index contributed by atoms with van der Waals surface area (Å²) in [6, 6.07) is 4.00. The number of nitrogens with one attached hydrogen (secondary N) is 1.